The van der Waals surface area contributed by atoms with Crippen LogP contribution in [0.3, 0.4) is 0 Å². The molecule has 28 heavy (non-hydrogen) atoms. The number of nitrogens with one attached hydrogen (secondary N) is 1. The first-order valence-corrected chi connectivity index (χ1v) is 9.85. The molecule has 1 atom stereocenters. The van der Waals surface area contributed by atoms with Crippen LogP contribution in [0.4, 0.5) is 5.69 Å². The zero-order valence-electron chi connectivity index (χ0n) is 15.6. The third kappa shape index (κ3) is 3.66. The van der Waals surface area contributed by atoms with Crippen molar-refractivity contribution in [1.29, 1.82) is 0 Å². The number of aromatic nitrogens is 2. The molecule has 6 nitrogen and oxygen atoms in total. The molecule has 0 saturated heterocycles. The number of carbonyl (C=O) groups is 2. The number of fused-ring (bicyclic) bond motifs is 1. The van der Waals surface area contributed by atoms with E-state index in [0.29, 0.717) is 17.8 Å². The van der Waals surface area contributed by atoms with Crippen LogP contribution in [0.1, 0.15) is 22.8 Å². The van der Waals surface area contributed by atoms with Crippen LogP contribution < -0.4 is 5.32 Å². The monoisotopic (exact) mass is 392 g/mol. The molecule has 1 aliphatic rings. The number of amides is 2. The lowest BCUT2D eigenvalue weighted by Crippen LogP contribution is -2.28. The van der Waals surface area contributed by atoms with Crippen LogP contribution in [0.15, 0.2) is 65.8 Å². The van der Waals surface area contributed by atoms with Gasteiger partial charge >= 0.3 is 0 Å². The molecule has 0 saturated carbocycles. The lowest BCUT2D eigenvalue weighted by molar-refractivity contribution is -0.115. The van der Waals surface area contributed by atoms with Gasteiger partial charge in [0.1, 0.15) is 0 Å². The fraction of sp³-hybridized carbons (Fsp3) is 0.190. The quantitative estimate of drug-likeness (QED) is 0.737. The SMILES string of the molecule is C[C@H]1Sc2ccc(C(=O)N(C)Cc3cnn(-c4ccccc4)c3)cc2NC1=O. The fourth-order valence-electron chi connectivity index (χ4n) is 3.07. The highest BCUT2D eigenvalue weighted by Gasteiger charge is 2.24. The molecule has 1 N–H and O–H groups in total. The topological polar surface area (TPSA) is 67.2 Å². The Morgan fingerprint density at radius 2 is 2.04 bits per heavy atom. The summed E-state index contributed by atoms with van der Waals surface area (Å²) in [5, 5.41) is 7.12. The van der Waals surface area contributed by atoms with Crippen molar-refractivity contribution in [3.8, 4) is 5.69 Å². The van der Waals surface area contributed by atoms with Gasteiger partial charge in [0, 0.05) is 35.8 Å². The first-order chi connectivity index (χ1) is 13.5. The number of rotatable bonds is 4. The summed E-state index contributed by atoms with van der Waals surface area (Å²) in [5.41, 5.74) is 3.16. The molecular formula is C21H20N4O2S. The van der Waals surface area contributed by atoms with Crippen LogP contribution in [0, 0.1) is 0 Å². The molecule has 2 heterocycles. The van der Waals surface area contributed by atoms with Gasteiger partial charge in [0.2, 0.25) is 5.91 Å². The molecule has 2 aromatic carbocycles. The Hall–Kier alpha value is -3.06. The largest absolute Gasteiger partial charge is 0.337 e. The van der Waals surface area contributed by atoms with E-state index in [0.717, 1.165) is 16.1 Å². The predicted octanol–water partition coefficient (Wildman–Crippen LogP) is 3.58. The van der Waals surface area contributed by atoms with Crippen LogP contribution >= 0.6 is 11.8 Å². The van der Waals surface area contributed by atoms with E-state index in [2.05, 4.69) is 10.4 Å². The summed E-state index contributed by atoms with van der Waals surface area (Å²) >= 11 is 1.50. The number of carbonyl (C=O) groups excluding carboxylic acids is 2. The Kier molecular flexibility index (Phi) is 4.92. The second-order valence-corrected chi connectivity index (χ2v) is 8.13. The Morgan fingerprint density at radius 1 is 1.25 bits per heavy atom. The molecular weight excluding hydrogens is 372 g/mol. The molecule has 0 unspecified atom stereocenters. The summed E-state index contributed by atoms with van der Waals surface area (Å²) in [4.78, 5) is 27.4. The van der Waals surface area contributed by atoms with Gasteiger partial charge in [0.05, 0.1) is 22.8 Å². The third-order valence-corrected chi connectivity index (χ3v) is 5.76. The van der Waals surface area contributed by atoms with Crippen molar-refractivity contribution >= 4 is 29.3 Å². The minimum absolute atomic E-state index is 0.0382. The van der Waals surface area contributed by atoms with Gasteiger partial charge < -0.3 is 10.2 Å². The molecule has 1 aromatic heterocycles. The molecule has 0 radical (unpaired) electrons. The first kappa shape index (κ1) is 18.3. The summed E-state index contributed by atoms with van der Waals surface area (Å²) in [6.45, 7) is 2.31. The predicted molar refractivity (Wildman–Crippen MR) is 110 cm³/mol. The molecule has 0 fully saturated rings. The zero-order valence-corrected chi connectivity index (χ0v) is 16.4. The van der Waals surface area contributed by atoms with Gasteiger partial charge in [-0.1, -0.05) is 18.2 Å². The van der Waals surface area contributed by atoms with Gasteiger partial charge in [-0.3, -0.25) is 9.59 Å². The number of hydrogen-bond acceptors (Lipinski definition) is 4. The van der Waals surface area contributed by atoms with E-state index in [1.807, 2.05) is 55.6 Å². The van der Waals surface area contributed by atoms with Crippen molar-refractivity contribution in [1.82, 2.24) is 14.7 Å². The fourth-order valence-corrected chi connectivity index (χ4v) is 4.00. The van der Waals surface area contributed by atoms with E-state index in [4.69, 9.17) is 0 Å². The molecule has 0 aliphatic carbocycles. The number of thioether (sulfide) groups is 1. The second kappa shape index (κ2) is 7.52. The van der Waals surface area contributed by atoms with Gasteiger partial charge in [-0.25, -0.2) is 4.68 Å². The normalized spacial score (nSPS) is 15.6. The number of nitrogens with zero attached hydrogens (tertiary/aromatic N) is 3. The number of anilines is 1. The summed E-state index contributed by atoms with van der Waals surface area (Å²) in [7, 11) is 1.76. The van der Waals surface area contributed by atoms with Crippen molar-refractivity contribution < 1.29 is 9.59 Å². The molecule has 0 bridgehead atoms. The maximum absolute atomic E-state index is 12.8. The molecule has 4 rings (SSSR count). The van der Waals surface area contributed by atoms with E-state index in [9.17, 15) is 9.59 Å². The highest BCUT2D eigenvalue weighted by molar-refractivity contribution is 8.00. The Morgan fingerprint density at radius 3 is 2.82 bits per heavy atom. The first-order valence-electron chi connectivity index (χ1n) is 8.97. The Labute approximate surface area is 167 Å². The summed E-state index contributed by atoms with van der Waals surface area (Å²) < 4.78 is 1.79. The van der Waals surface area contributed by atoms with Gasteiger partial charge in [0.15, 0.2) is 0 Å². The van der Waals surface area contributed by atoms with Crippen molar-refractivity contribution in [3.05, 3.63) is 72.1 Å². The standard InChI is InChI=1S/C21H20N4O2S/c1-14-20(26)23-18-10-16(8-9-19(18)28-14)21(27)24(2)12-15-11-22-25(13-15)17-6-4-3-5-7-17/h3-11,13-14H,12H2,1-2H3,(H,23,26)/t14-/m1/s1. The molecule has 1 aliphatic heterocycles. The van der Waals surface area contributed by atoms with Crippen LogP contribution in [0.5, 0.6) is 0 Å². The maximum Gasteiger partial charge on any atom is 0.253 e. The molecule has 7 heteroatoms. The van der Waals surface area contributed by atoms with E-state index in [1.165, 1.54) is 11.8 Å². The van der Waals surface area contributed by atoms with Crippen molar-refractivity contribution in [2.75, 3.05) is 12.4 Å². The van der Waals surface area contributed by atoms with Crippen LogP contribution in [-0.4, -0.2) is 38.8 Å². The summed E-state index contributed by atoms with van der Waals surface area (Å²) in [5.74, 6) is -0.142. The third-order valence-electron chi connectivity index (χ3n) is 4.58. The lowest BCUT2D eigenvalue weighted by atomic mass is 10.1. The average Bonchev–Trinajstić information content (AvgIpc) is 3.17. The minimum atomic E-state index is -0.127. The lowest BCUT2D eigenvalue weighted by Gasteiger charge is -2.23. The van der Waals surface area contributed by atoms with Crippen LogP contribution in [0.2, 0.25) is 0 Å². The van der Waals surface area contributed by atoms with E-state index >= 15 is 0 Å². The highest BCUT2D eigenvalue weighted by Crippen LogP contribution is 2.36. The van der Waals surface area contributed by atoms with E-state index in [1.54, 1.807) is 28.9 Å². The second-order valence-electron chi connectivity index (χ2n) is 6.75. The van der Waals surface area contributed by atoms with Gasteiger partial charge in [-0.15, -0.1) is 11.8 Å². The maximum atomic E-state index is 12.8. The van der Waals surface area contributed by atoms with Crippen molar-refractivity contribution in [2.45, 2.75) is 23.6 Å². The number of para-hydroxylation sites is 1. The zero-order chi connectivity index (χ0) is 19.7. The number of hydrogen-bond donors (Lipinski definition) is 1. The molecule has 3 aromatic rings. The van der Waals surface area contributed by atoms with Gasteiger partial charge in [-0.2, -0.15) is 5.10 Å². The number of benzene rings is 2. The summed E-state index contributed by atoms with van der Waals surface area (Å²) in [6, 6.07) is 15.3. The van der Waals surface area contributed by atoms with Crippen molar-refractivity contribution in [3.63, 3.8) is 0 Å². The average molecular weight is 392 g/mol. The molecule has 2 amide bonds. The van der Waals surface area contributed by atoms with E-state index < -0.39 is 0 Å². The Balaban J connectivity index is 1.48. The van der Waals surface area contributed by atoms with E-state index in [-0.39, 0.29) is 17.1 Å². The van der Waals surface area contributed by atoms with Crippen LogP contribution in [-0.2, 0) is 11.3 Å². The molecule has 142 valence electrons. The summed E-state index contributed by atoms with van der Waals surface area (Å²) in [6.07, 6.45) is 3.69. The smallest absolute Gasteiger partial charge is 0.253 e. The molecule has 0 spiro atoms. The highest BCUT2D eigenvalue weighted by atomic mass is 32.2. The van der Waals surface area contributed by atoms with Crippen molar-refractivity contribution in [2.24, 2.45) is 0 Å². The van der Waals surface area contributed by atoms with Gasteiger partial charge in [-0.05, 0) is 37.3 Å². The Bertz CT molecular complexity index is 1030. The van der Waals surface area contributed by atoms with Gasteiger partial charge in [0.25, 0.3) is 5.91 Å². The minimum Gasteiger partial charge on any atom is -0.337 e. The van der Waals surface area contributed by atoms with Crippen LogP contribution in [0.25, 0.3) is 5.69 Å².